The maximum Gasteiger partial charge on any atom is 0.419 e. The third kappa shape index (κ3) is 3.01. The van der Waals surface area contributed by atoms with Crippen LogP contribution in [0.2, 0.25) is 0 Å². The van der Waals surface area contributed by atoms with Crippen LogP contribution in [0.1, 0.15) is 34.2 Å². The van der Waals surface area contributed by atoms with Crippen LogP contribution in [0.5, 0.6) is 0 Å². The SMILES string of the molecule is CCn1c(C)cc(C(=O)Cn2cc(C(F)(F)F)cn2)c1C. The van der Waals surface area contributed by atoms with Crippen molar-refractivity contribution in [2.75, 3.05) is 0 Å². The molecule has 114 valence electrons. The fraction of sp³-hybridized carbons (Fsp3) is 0.429. The lowest BCUT2D eigenvalue weighted by atomic mass is 10.1. The van der Waals surface area contributed by atoms with Gasteiger partial charge in [0.25, 0.3) is 0 Å². The normalized spacial score (nSPS) is 11.9. The lowest BCUT2D eigenvalue weighted by Gasteiger charge is -2.06. The van der Waals surface area contributed by atoms with Crippen LogP contribution < -0.4 is 0 Å². The molecule has 7 heteroatoms. The number of carbonyl (C=O) groups excluding carboxylic acids is 1. The van der Waals surface area contributed by atoms with Crippen molar-refractivity contribution in [2.24, 2.45) is 0 Å². The summed E-state index contributed by atoms with van der Waals surface area (Å²) in [5, 5.41) is 3.60. The molecular formula is C14H16F3N3O. The number of carbonyl (C=O) groups is 1. The van der Waals surface area contributed by atoms with E-state index in [1.165, 1.54) is 0 Å². The summed E-state index contributed by atoms with van der Waals surface area (Å²) in [6, 6.07) is 1.76. The molecule has 2 rings (SSSR count). The minimum absolute atomic E-state index is 0.204. The van der Waals surface area contributed by atoms with Gasteiger partial charge in [-0.3, -0.25) is 9.48 Å². The van der Waals surface area contributed by atoms with E-state index in [4.69, 9.17) is 0 Å². The molecule has 0 saturated carbocycles. The van der Waals surface area contributed by atoms with Crippen molar-refractivity contribution < 1.29 is 18.0 Å². The molecular weight excluding hydrogens is 283 g/mol. The Balaban J connectivity index is 2.21. The zero-order valence-corrected chi connectivity index (χ0v) is 12.0. The highest BCUT2D eigenvalue weighted by Crippen LogP contribution is 2.28. The molecule has 0 aliphatic heterocycles. The molecule has 0 aliphatic carbocycles. The third-order valence-electron chi connectivity index (χ3n) is 3.46. The second kappa shape index (κ2) is 5.38. The van der Waals surface area contributed by atoms with Crippen molar-refractivity contribution >= 4 is 5.78 Å². The molecule has 0 amide bonds. The molecule has 0 bridgehead atoms. The maximum atomic E-state index is 12.5. The summed E-state index contributed by atoms with van der Waals surface area (Å²) >= 11 is 0. The molecule has 2 heterocycles. The van der Waals surface area contributed by atoms with Crippen LogP contribution in [0.4, 0.5) is 13.2 Å². The Morgan fingerprint density at radius 1 is 1.33 bits per heavy atom. The van der Waals surface area contributed by atoms with Crippen LogP contribution in [-0.4, -0.2) is 20.1 Å². The molecule has 21 heavy (non-hydrogen) atoms. The average Bonchev–Trinajstić information content (AvgIpc) is 2.94. The first-order chi connectivity index (χ1) is 9.74. The summed E-state index contributed by atoms with van der Waals surface area (Å²) in [4.78, 5) is 12.2. The van der Waals surface area contributed by atoms with Gasteiger partial charge in [-0.05, 0) is 26.8 Å². The summed E-state index contributed by atoms with van der Waals surface area (Å²) in [5.74, 6) is -0.250. The molecule has 4 nitrogen and oxygen atoms in total. The summed E-state index contributed by atoms with van der Waals surface area (Å²) in [6.07, 6.45) is -2.88. The standard InChI is InChI=1S/C14H16F3N3O/c1-4-20-9(2)5-12(10(20)3)13(21)8-19-7-11(6-18-19)14(15,16)17/h5-7H,4,8H2,1-3H3. The van der Waals surface area contributed by atoms with Gasteiger partial charge in [0.2, 0.25) is 0 Å². The van der Waals surface area contributed by atoms with Crippen LogP contribution in [0.3, 0.4) is 0 Å². The number of halogens is 3. The lowest BCUT2D eigenvalue weighted by Crippen LogP contribution is -2.12. The van der Waals surface area contributed by atoms with E-state index in [0.717, 1.165) is 35.0 Å². The van der Waals surface area contributed by atoms with Crippen LogP contribution in [0, 0.1) is 13.8 Å². The monoisotopic (exact) mass is 299 g/mol. The Morgan fingerprint density at radius 2 is 2.00 bits per heavy atom. The first-order valence-electron chi connectivity index (χ1n) is 6.53. The van der Waals surface area contributed by atoms with E-state index >= 15 is 0 Å². The number of hydrogen-bond donors (Lipinski definition) is 0. The highest BCUT2D eigenvalue weighted by molar-refractivity contribution is 5.97. The molecule has 0 aromatic carbocycles. The van der Waals surface area contributed by atoms with E-state index in [1.54, 1.807) is 6.07 Å². The van der Waals surface area contributed by atoms with E-state index in [1.807, 2.05) is 25.3 Å². The Hall–Kier alpha value is -2.05. The van der Waals surface area contributed by atoms with Crippen LogP contribution in [-0.2, 0) is 19.3 Å². The molecule has 0 radical (unpaired) electrons. The minimum Gasteiger partial charge on any atom is -0.349 e. The van der Waals surface area contributed by atoms with Crippen LogP contribution in [0.15, 0.2) is 18.5 Å². The summed E-state index contributed by atoms with van der Waals surface area (Å²) in [5.41, 5.74) is 1.45. The van der Waals surface area contributed by atoms with E-state index in [0.29, 0.717) is 5.56 Å². The number of alkyl halides is 3. The van der Waals surface area contributed by atoms with Crippen LogP contribution >= 0.6 is 0 Å². The van der Waals surface area contributed by atoms with Gasteiger partial charge < -0.3 is 4.57 Å². The van der Waals surface area contributed by atoms with Gasteiger partial charge in [0.05, 0.1) is 11.8 Å². The van der Waals surface area contributed by atoms with E-state index in [-0.39, 0.29) is 12.3 Å². The Morgan fingerprint density at radius 3 is 2.48 bits per heavy atom. The molecule has 0 saturated heterocycles. The number of hydrogen-bond acceptors (Lipinski definition) is 2. The maximum absolute atomic E-state index is 12.5. The van der Waals surface area contributed by atoms with Gasteiger partial charge in [-0.25, -0.2) is 0 Å². The Kier molecular flexibility index (Phi) is 3.93. The molecule has 0 unspecified atom stereocenters. The fourth-order valence-electron chi connectivity index (χ4n) is 2.40. The second-order valence-corrected chi connectivity index (χ2v) is 4.88. The van der Waals surface area contributed by atoms with Crippen molar-refractivity contribution in [3.05, 3.63) is 41.0 Å². The van der Waals surface area contributed by atoms with Crippen molar-refractivity contribution in [2.45, 2.75) is 40.0 Å². The first-order valence-corrected chi connectivity index (χ1v) is 6.53. The zero-order valence-electron chi connectivity index (χ0n) is 12.0. The number of Topliss-reactive ketones (excluding diaryl/α,β-unsaturated/α-hetero) is 1. The molecule has 2 aromatic heterocycles. The lowest BCUT2D eigenvalue weighted by molar-refractivity contribution is -0.137. The predicted molar refractivity (Wildman–Crippen MR) is 71.1 cm³/mol. The van der Waals surface area contributed by atoms with E-state index < -0.39 is 11.7 Å². The average molecular weight is 299 g/mol. The number of aryl methyl sites for hydroxylation is 1. The van der Waals surface area contributed by atoms with Crippen molar-refractivity contribution in [1.82, 2.24) is 14.3 Å². The number of rotatable bonds is 4. The highest BCUT2D eigenvalue weighted by Gasteiger charge is 2.32. The number of ketones is 1. The van der Waals surface area contributed by atoms with E-state index in [2.05, 4.69) is 5.10 Å². The zero-order chi connectivity index (χ0) is 15.8. The second-order valence-electron chi connectivity index (χ2n) is 4.88. The van der Waals surface area contributed by atoms with Gasteiger partial charge in [0.15, 0.2) is 5.78 Å². The Labute approximate surface area is 120 Å². The molecule has 0 fully saturated rings. The van der Waals surface area contributed by atoms with Crippen molar-refractivity contribution in [1.29, 1.82) is 0 Å². The molecule has 0 spiro atoms. The minimum atomic E-state index is -4.45. The predicted octanol–water partition coefficient (Wildman–Crippen LogP) is 3.22. The summed E-state index contributed by atoms with van der Waals surface area (Å²) < 4.78 is 40.5. The Bertz CT molecular complexity index is 668. The topological polar surface area (TPSA) is 39.8 Å². The van der Waals surface area contributed by atoms with Gasteiger partial charge >= 0.3 is 6.18 Å². The van der Waals surface area contributed by atoms with Crippen molar-refractivity contribution in [3.8, 4) is 0 Å². The van der Waals surface area contributed by atoms with E-state index in [9.17, 15) is 18.0 Å². The number of nitrogens with zero attached hydrogens (tertiary/aromatic N) is 3. The first kappa shape index (κ1) is 15.3. The van der Waals surface area contributed by atoms with Crippen molar-refractivity contribution in [3.63, 3.8) is 0 Å². The van der Waals surface area contributed by atoms with Gasteiger partial charge in [-0.15, -0.1) is 0 Å². The third-order valence-corrected chi connectivity index (χ3v) is 3.46. The molecule has 0 atom stereocenters. The quantitative estimate of drug-likeness (QED) is 0.813. The molecule has 0 aliphatic rings. The molecule has 0 N–H and O–H groups in total. The van der Waals surface area contributed by atoms with Crippen LogP contribution in [0.25, 0.3) is 0 Å². The van der Waals surface area contributed by atoms with Gasteiger partial charge in [-0.1, -0.05) is 0 Å². The summed E-state index contributed by atoms with van der Waals surface area (Å²) in [6.45, 7) is 6.23. The number of aromatic nitrogens is 3. The summed E-state index contributed by atoms with van der Waals surface area (Å²) in [7, 11) is 0. The fourth-order valence-corrected chi connectivity index (χ4v) is 2.40. The van der Waals surface area contributed by atoms with Gasteiger partial charge in [-0.2, -0.15) is 18.3 Å². The smallest absolute Gasteiger partial charge is 0.349 e. The largest absolute Gasteiger partial charge is 0.419 e. The highest BCUT2D eigenvalue weighted by atomic mass is 19.4. The van der Waals surface area contributed by atoms with Gasteiger partial charge in [0.1, 0.15) is 6.54 Å². The van der Waals surface area contributed by atoms with Gasteiger partial charge in [0, 0.05) is 29.7 Å². The molecule has 2 aromatic rings.